The second-order valence-corrected chi connectivity index (χ2v) is 7.61. The van der Waals surface area contributed by atoms with Gasteiger partial charge in [0.25, 0.3) is 11.8 Å². The summed E-state index contributed by atoms with van der Waals surface area (Å²) in [6.07, 6.45) is 0. The van der Waals surface area contributed by atoms with Gasteiger partial charge in [-0.15, -0.1) is 0 Å². The van der Waals surface area contributed by atoms with E-state index in [1.54, 1.807) is 42.5 Å². The van der Waals surface area contributed by atoms with Gasteiger partial charge in [-0.2, -0.15) is 0 Å². The zero-order valence-electron chi connectivity index (χ0n) is 16.5. The number of benzene rings is 3. The molecule has 0 aliphatic carbocycles. The molecule has 0 spiro atoms. The highest BCUT2D eigenvalue weighted by atomic mass is 35.5. The summed E-state index contributed by atoms with van der Waals surface area (Å²) in [5.74, 6) is 0.281. The van der Waals surface area contributed by atoms with Crippen molar-refractivity contribution >= 4 is 40.4 Å². The van der Waals surface area contributed by atoms with Gasteiger partial charge in [0.05, 0.1) is 16.3 Å². The molecular formula is C24H17ClN2O4. The van der Waals surface area contributed by atoms with Crippen molar-refractivity contribution in [1.82, 2.24) is 0 Å². The van der Waals surface area contributed by atoms with E-state index < -0.39 is 11.8 Å². The third-order valence-electron chi connectivity index (χ3n) is 5.16. The van der Waals surface area contributed by atoms with Crippen molar-refractivity contribution in [2.75, 3.05) is 17.0 Å². The molecule has 31 heavy (non-hydrogen) atoms. The Kier molecular flexibility index (Phi) is 4.64. The van der Waals surface area contributed by atoms with E-state index in [0.717, 1.165) is 10.5 Å². The van der Waals surface area contributed by atoms with Crippen LogP contribution in [0.5, 0.6) is 11.5 Å². The molecule has 7 heteroatoms. The highest BCUT2D eigenvalue weighted by molar-refractivity contribution is 6.48. The zero-order chi connectivity index (χ0) is 21.5. The van der Waals surface area contributed by atoms with Gasteiger partial charge in [0, 0.05) is 11.8 Å². The molecule has 0 saturated heterocycles. The molecule has 3 aromatic rings. The lowest BCUT2D eigenvalue weighted by Crippen LogP contribution is -2.32. The molecule has 0 bridgehead atoms. The summed E-state index contributed by atoms with van der Waals surface area (Å²) >= 11 is 6.31. The zero-order valence-corrected chi connectivity index (χ0v) is 17.3. The molecule has 2 aliphatic rings. The molecule has 2 amide bonds. The topological polar surface area (TPSA) is 67.9 Å². The van der Waals surface area contributed by atoms with E-state index in [9.17, 15) is 9.59 Å². The van der Waals surface area contributed by atoms with E-state index in [4.69, 9.17) is 21.1 Å². The fraction of sp³-hybridized carbons (Fsp3) is 0.0833. The van der Waals surface area contributed by atoms with Gasteiger partial charge in [0.1, 0.15) is 5.70 Å². The monoisotopic (exact) mass is 432 g/mol. The number of rotatable bonds is 4. The predicted octanol–water partition coefficient (Wildman–Crippen LogP) is 4.77. The van der Waals surface area contributed by atoms with Crippen LogP contribution in [0.3, 0.4) is 0 Å². The lowest BCUT2D eigenvalue weighted by molar-refractivity contribution is -0.120. The van der Waals surface area contributed by atoms with Crippen LogP contribution in [0.25, 0.3) is 5.57 Å². The van der Waals surface area contributed by atoms with Gasteiger partial charge < -0.3 is 14.8 Å². The molecular weight excluding hydrogens is 416 g/mol. The minimum absolute atomic E-state index is 0.147. The molecule has 0 radical (unpaired) electrons. The first-order valence-electron chi connectivity index (χ1n) is 9.64. The molecule has 0 aromatic heterocycles. The van der Waals surface area contributed by atoms with Crippen LogP contribution in [0.2, 0.25) is 5.02 Å². The van der Waals surface area contributed by atoms with Crippen molar-refractivity contribution in [2.24, 2.45) is 0 Å². The van der Waals surface area contributed by atoms with E-state index in [0.29, 0.717) is 33.5 Å². The van der Waals surface area contributed by atoms with Crippen molar-refractivity contribution in [3.05, 3.63) is 88.6 Å². The molecule has 5 rings (SSSR count). The Balaban J connectivity index is 1.61. The minimum Gasteiger partial charge on any atom is -0.454 e. The number of imide groups is 1. The number of halogens is 1. The Morgan fingerprint density at radius 2 is 1.65 bits per heavy atom. The predicted molar refractivity (Wildman–Crippen MR) is 118 cm³/mol. The normalized spacial score (nSPS) is 15.1. The Morgan fingerprint density at radius 1 is 0.903 bits per heavy atom. The van der Waals surface area contributed by atoms with Crippen LogP contribution in [-0.4, -0.2) is 18.6 Å². The Labute approximate surface area is 183 Å². The molecule has 1 N–H and O–H groups in total. The maximum Gasteiger partial charge on any atom is 0.282 e. The number of fused-ring (bicyclic) bond motifs is 1. The Morgan fingerprint density at radius 3 is 2.42 bits per heavy atom. The van der Waals surface area contributed by atoms with Gasteiger partial charge in [-0.05, 0) is 36.8 Å². The smallest absolute Gasteiger partial charge is 0.282 e. The average molecular weight is 433 g/mol. The van der Waals surface area contributed by atoms with Crippen molar-refractivity contribution in [3.8, 4) is 11.5 Å². The van der Waals surface area contributed by atoms with E-state index in [-0.39, 0.29) is 18.1 Å². The number of carbonyl (C=O) groups is 2. The number of amides is 2. The summed E-state index contributed by atoms with van der Waals surface area (Å²) in [7, 11) is 0. The van der Waals surface area contributed by atoms with Crippen molar-refractivity contribution < 1.29 is 19.1 Å². The summed E-state index contributed by atoms with van der Waals surface area (Å²) in [6.45, 7) is 2.11. The van der Waals surface area contributed by atoms with Crippen LogP contribution < -0.4 is 19.7 Å². The summed E-state index contributed by atoms with van der Waals surface area (Å²) in [5.41, 5.74) is 3.09. The summed E-state index contributed by atoms with van der Waals surface area (Å²) in [5, 5.41) is 3.44. The highest BCUT2D eigenvalue weighted by Crippen LogP contribution is 2.39. The quantitative estimate of drug-likeness (QED) is 0.601. The van der Waals surface area contributed by atoms with Crippen LogP contribution in [-0.2, 0) is 9.59 Å². The van der Waals surface area contributed by atoms with Crippen LogP contribution in [0.1, 0.15) is 11.1 Å². The maximum absolute atomic E-state index is 13.4. The van der Waals surface area contributed by atoms with Gasteiger partial charge in [-0.1, -0.05) is 53.6 Å². The lowest BCUT2D eigenvalue weighted by Gasteiger charge is -2.16. The molecule has 154 valence electrons. The number of hydrogen-bond acceptors (Lipinski definition) is 5. The minimum atomic E-state index is -0.480. The van der Waals surface area contributed by atoms with Crippen molar-refractivity contribution in [1.29, 1.82) is 0 Å². The first-order chi connectivity index (χ1) is 15.0. The first-order valence-corrected chi connectivity index (χ1v) is 10.0. The van der Waals surface area contributed by atoms with Crippen LogP contribution >= 0.6 is 11.6 Å². The number of anilines is 2. The largest absolute Gasteiger partial charge is 0.454 e. The van der Waals surface area contributed by atoms with Crippen LogP contribution in [0, 0.1) is 6.92 Å². The number of hydrogen-bond donors (Lipinski definition) is 1. The van der Waals surface area contributed by atoms with Gasteiger partial charge >= 0.3 is 0 Å². The number of para-hydroxylation sites is 1. The summed E-state index contributed by atoms with van der Waals surface area (Å²) < 4.78 is 10.8. The number of aryl methyl sites for hydroxylation is 1. The molecule has 0 fully saturated rings. The SMILES string of the molecule is Cc1ccc(C2=C(Nc3ccc4c(c3)OCO4)C(=O)N(c3ccccc3Cl)C2=O)cc1. The second kappa shape index (κ2) is 7.49. The van der Waals surface area contributed by atoms with Crippen molar-refractivity contribution in [2.45, 2.75) is 6.92 Å². The highest BCUT2D eigenvalue weighted by Gasteiger charge is 2.41. The van der Waals surface area contributed by atoms with E-state index >= 15 is 0 Å². The Hall–Kier alpha value is -3.77. The molecule has 2 aliphatic heterocycles. The second-order valence-electron chi connectivity index (χ2n) is 7.21. The number of nitrogens with zero attached hydrogens (tertiary/aromatic N) is 1. The maximum atomic E-state index is 13.4. The average Bonchev–Trinajstić information content (AvgIpc) is 3.32. The van der Waals surface area contributed by atoms with Crippen LogP contribution in [0.4, 0.5) is 11.4 Å². The number of carbonyl (C=O) groups excluding carboxylic acids is 2. The van der Waals surface area contributed by atoms with Gasteiger partial charge in [-0.3, -0.25) is 9.59 Å². The van der Waals surface area contributed by atoms with Crippen LogP contribution in [0.15, 0.2) is 72.4 Å². The van der Waals surface area contributed by atoms with Crippen molar-refractivity contribution in [3.63, 3.8) is 0 Å². The molecule has 0 saturated carbocycles. The number of ether oxygens (including phenoxy) is 2. The van der Waals surface area contributed by atoms with Gasteiger partial charge in [-0.25, -0.2) is 4.90 Å². The molecule has 6 nitrogen and oxygen atoms in total. The van der Waals surface area contributed by atoms with E-state index in [1.807, 2.05) is 31.2 Å². The lowest BCUT2D eigenvalue weighted by atomic mass is 10.0. The third-order valence-corrected chi connectivity index (χ3v) is 5.48. The third kappa shape index (κ3) is 3.31. The summed E-state index contributed by atoms with van der Waals surface area (Å²) in [6, 6.07) is 19.5. The molecule has 0 unspecified atom stereocenters. The summed E-state index contributed by atoms with van der Waals surface area (Å²) in [4.78, 5) is 28.0. The molecule has 0 atom stereocenters. The molecule has 3 aromatic carbocycles. The fourth-order valence-corrected chi connectivity index (χ4v) is 3.82. The first kappa shape index (κ1) is 19.2. The molecule has 2 heterocycles. The van der Waals surface area contributed by atoms with Gasteiger partial charge in [0.2, 0.25) is 6.79 Å². The Bertz CT molecular complexity index is 1250. The number of nitrogens with one attached hydrogen (secondary N) is 1. The van der Waals surface area contributed by atoms with E-state index in [2.05, 4.69) is 5.32 Å². The van der Waals surface area contributed by atoms with E-state index in [1.165, 1.54) is 0 Å². The fourth-order valence-electron chi connectivity index (χ4n) is 3.60. The standard InChI is InChI=1S/C24H17ClN2O4/c1-14-6-8-15(9-7-14)21-22(26-16-10-11-19-20(12-16)31-13-30-19)24(29)27(23(21)28)18-5-3-2-4-17(18)25/h2-12,26H,13H2,1H3. The van der Waals surface area contributed by atoms with Gasteiger partial charge in [0.15, 0.2) is 11.5 Å².